The Kier molecular flexibility index (Phi) is 11.9. The molecule has 1 saturated heterocycles. The van der Waals surface area contributed by atoms with Crippen LogP contribution in [0.4, 0.5) is 5.69 Å². The molecule has 0 bridgehead atoms. The molecule has 3 N–H and O–H groups in total. The summed E-state index contributed by atoms with van der Waals surface area (Å²) in [6.07, 6.45) is 5.69. The van der Waals surface area contributed by atoms with Crippen LogP contribution in [0.3, 0.4) is 0 Å². The Bertz CT molecular complexity index is 1750. The topological polar surface area (TPSA) is 145 Å². The van der Waals surface area contributed by atoms with Crippen molar-refractivity contribution in [2.75, 3.05) is 18.6 Å². The lowest BCUT2D eigenvalue weighted by molar-refractivity contribution is -0.137. The first-order valence-corrected chi connectivity index (χ1v) is 17.4. The van der Waals surface area contributed by atoms with Crippen LogP contribution in [0.25, 0.3) is 6.08 Å². The van der Waals surface area contributed by atoms with Gasteiger partial charge in [0.1, 0.15) is 23.7 Å². The number of carbonyl (C=O) groups excluding carboxylic acids is 4. The van der Waals surface area contributed by atoms with Crippen LogP contribution in [0.1, 0.15) is 69.1 Å². The Balaban J connectivity index is 1.40. The van der Waals surface area contributed by atoms with Crippen LogP contribution < -0.4 is 20.3 Å². The van der Waals surface area contributed by atoms with E-state index in [1.807, 2.05) is 54.6 Å². The molecule has 3 aromatic rings. The fourth-order valence-electron chi connectivity index (χ4n) is 7.29. The van der Waals surface area contributed by atoms with Crippen LogP contribution in [0.15, 0.2) is 84.6 Å². The molecule has 51 heavy (non-hydrogen) atoms. The highest BCUT2D eigenvalue weighted by Gasteiger charge is 2.47. The van der Waals surface area contributed by atoms with Crippen LogP contribution in [-0.4, -0.2) is 65.5 Å². The number of nitrogens with one attached hydrogen (secondary N) is 2. The number of hydrogen-bond donors (Lipinski definition) is 3. The largest absolute Gasteiger partial charge is 0.497 e. The van der Waals surface area contributed by atoms with Crippen molar-refractivity contribution in [1.29, 1.82) is 0 Å². The van der Waals surface area contributed by atoms with Crippen molar-refractivity contribution in [3.8, 4) is 5.75 Å². The van der Waals surface area contributed by atoms with Crippen LogP contribution in [0, 0.1) is 5.41 Å². The maximum Gasteiger partial charge on any atom is 0.352 e. The second-order valence-electron chi connectivity index (χ2n) is 13.3. The second-order valence-corrected chi connectivity index (χ2v) is 13.3. The normalized spacial score (nSPS) is 18.4. The molecule has 1 aliphatic heterocycles. The predicted octanol–water partition coefficient (Wildman–Crippen LogP) is 5.09. The van der Waals surface area contributed by atoms with Crippen molar-refractivity contribution in [3.63, 3.8) is 0 Å². The lowest BCUT2D eigenvalue weighted by atomic mass is 9.81. The number of amides is 4. The molecule has 0 radical (unpaired) electrons. The molecule has 0 aromatic heterocycles. The number of anilines is 1. The molecule has 11 heteroatoms. The van der Waals surface area contributed by atoms with Gasteiger partial charge in [-0.05, 0) is 79.1 Å². The first-order chi connectivity index (χ1) is 24.5. The van der Waals surface area contributed by atoms with Crippen molar-refractivity contribution in [2.45, 2.75) is 77.4 Å². The standard InChI is InChI=1S/C40H46N4O7/c1-27(45)41-24-23-40(21-7-8-22-40)39(50)42-34(38(48)49)25-30-11-16-32(17-12-30)44-36(20-15-29-9-5-4-6-10-29)43(28(2)46)35(37(44)47)26-31-13-18-33(51-3)19-14-31/h4-6,9-14,16-19,25,35-36H,7-8,15,20-24,26H2,1-3H3,(H,41,45)(H,42,50)(H,48,49). The Labute approximate surface area is 298 Å². The molecular formula is C40H46N4O7. The molecule has 4 amide bonds. The number of benzene rings is 3. The summed E-state index contributed by atoms with van der Waals surface area (Å²) in [7, 11) is 1.59. The van der Waals surface area contributed by atoms with E-state index in [1.54, 1.807) is 41.2 Å². The first kappa shape index (κ1) is 36.8. The number of rotatable bonds is 14. The molecule has 2 unspecified atom stereocenters. The molecule has 1 saturated carbocycles. The van der Waals surface area contributed by atoms with E-state index >= 15 is 0 Å². The van der Waals surface area contributed by atoms with E-state index in [4.69, 9.17) is 4.74 Å². The van der Waals surface area contributed by atoms with Gasteiger partial charge in [0, 0.05) is 32.5 Å². The second kappa shape index (κ2) is 16.5. The van der Waals surface area contributed by atoms with E-state index in [1.165, 1.54) is 19.9 Å². The summed E-state index contributed by atoms with van der Waals surface area (Å²) in [6, 6.07) is 23.5. The van der Waals surface area contributed by atoms with Gasteiger partial charge in [-0.15, -0.1) is 0 Å². The number of methoxy groups -OCH3 is 1. The summed E-state index contributed by atoms with van der Waals surface area (Å²) >= 11 is 0. The average molecular weight is 695 g/mol. The zero-order valence-corrected chi connectivity index (χ0v) is 29.4. The monoisotopic (exact) mass is 694 g/mol. The van der Waals surface area contributed by atoms with Crippen LogP contribution in [0.5, 0.6) is 5.75 Å². The molecule has 1 heterocycles. The number of hydrogen-bond acceptors (Lipinski definition) is 6. The van der Waals surface area contributed by atoms with E-state index in [9.17, 15) is 29.1 Å². The quantitative estimate of drug-likeness (QED) is 0.200. The third kappa shape index (κ3) is 8.83. The molecule has 3 aromatic carbocycles. The molecule has 11 nitrogen and oxygen atoms in total. The molecule has 5 rings (SSSR count). The molecule has 2 aliphatic rings. The van der Waals surface area contributed by atoms with Gasteiger partial charge in [-0.25, -0.2) is 4.79 Å². The molecule has 0 spiro atoms. The summed E-state index contributed by atoms with van der Waals surface area (Å²) in [5.74, 6) is -1.55. The van der Waals surface area contributed by atoms with E-state index in [0.29, 0.717) is 62.1 Å². The average Bonchev–Trinajstić information content (AvgIpc) is 3.71. The smallest absolute Gasteiger partial charge is 0.352 e. The van der Waals surface area contributed by atoms with Gasteiger partial charge >= 0.3 is 5.97 Å². The van der Waals surface area contributed by atoms with Crippen molar-refractivity contribution in [1.82, 2.24) is 15.5 Å². The lowest BCUT2D eigenvalue weighted by Gasteiger charge is -2.31. The molecule has 2 fully saturated rings. The first-order valence-electron chi connectivity index (χ1n) is 17.4. The van der Waals surface area contributed by atoms with Crippen molar-refractivity contribution < 1.29 is 33.8 Å². The Morgan fingerprint density at radius 3 is 2.18 bits per heavy atom. The Hall–Kier alpha value is -5.45. The number of ether oxygens (including phenoxy) is 1. The van der Waals surface area contributed by atoms with E-state index in [0.717, 1.165) is 24.0 Å². The van der Waals surface area contributed by atoms with Gasteiger partial charge in [-0.1, -0.05) is 67.4 Å². The molecular weight excluding hydrogens is 648 g/mol. The number of carboxylic acid groups (broad SMARTS) is 1. The highest BCUT2D eigenvalue weighted by molar-refractivity contribution is 6.03. The molecule has 1 aliphatic carbocycles. The zero-order valence-electron chi connectivity index (χ0n) is 29.4. The fourth-order valence-corrected chi connectivity index (χ4v) is 7.29. The third-order valence-electron chi connectivity index (χ3n) is 9.94. The summed E-state index contributed by atoms with van der Waals surface area (Å²) in [6.45, 7) is 3.24. The summed E-state index contributed by atoms with van der Waals surface area (Å²) in [5.41, 5.74) is 2.05. The van der Waals surface area contributed by atoms with Gasteiger partial charge in [-0.3, -0.25) is 24.1 Å². The van der Waals surface area contributed by atoms with E-state index < -0.39 is 23.6 Å². The summed E-state index contributed by atoms with van der Waals surface area (Å²) in [5, 5.41) is 15.4. The fraction of sp³-hybridized carbons (Fsp3) is 0.375. The SMILES string of the molecule is COc1ccc(CC2C(=O)N(c3ccc(C=C(NC(=O)C4(CCNC(C)=O)CCCC4)C(=O)O)cc3)C(CCc3ccccc3)N2C(C)=O)cc1. The number of carbonyl (C=O) groups is 5. The van der Waals surface area contributed by atoms with Crippen molar-refractivity contribution in [3.05, 3.63) is 101 Å². The van der Waals surface area contributed by atoms with Gasteiger partial charge < -0.3 is 25.4 Å². The maximum absolute atomic E-state index is 14.3. The maximum atomic E-state index is 14.3. The van der Waals surface area contributed by atoms with Gasteiger partial charge in [-0.2, -0.15) is 0 Å². The predicted molar refractivity (Wildman–Crippen MR) is 193 cm³/mol. The van der Waals surface area contributed by atoms with Gasteiger partial charge in [0.2, 0.25) is 17.7 Å². The minimum atomic E-state index is -1.28. The molecule has 268 valence electrons. The Morgan fingerprint density at radius 2 is 1.59 bits per heavy atom. The molecule has 2 atom stereocenters. The highest BCUT2D eigenvalue weighted by Crippen LogP contribution is 2.41. The minimum Gasteiger partial charge on any atom is -0.497 e. The van der Waals surface area contributed by atoms with Crippen molar-refractivity contribution in [2.24, 2.45) is 5.41 Å². The summed E-state index contributed by atoms with van der Waals surface area (Å²) in [4.78, 5) is 68.0. The lowest BCUT2D eigenvalue weighted by Crippen LogP contribution is -2.44. The Morgan fingerprint density at radius 1 is 0.922 bits per heavy atom. The van der Waals surface area contributed by atoms with E-state index in [-0.39, 0.29) is 29.3 Å². The third-order valence-corrected chi connectivity index (χ3v) is 9.94. The number of aryl methyl sites for hydroxylation is 1. The van der Waals surface area contributed by atoms with Gasteiger partial charge in [0.05, 0.1) is 12.5 Å². The number of nitrogens with zero attached hydrogens (tertiary/aromatic N) is 2. The summed E-state index contributed by atoms with van der Waals surface area (Å²) < 4.78 is 5.29. The number of aliphatic carboxylic acids is 1. The van der Waals surface area contributed by atoms with E-state index in [2.05, 4.69) is 10.6 Å². The van der Waals surface area contributed by atoms with Crippen LogP contribution in [0.2, 0.25) is 0 Å². The minimum absolute atomic E-state index is 0.182. The highest BCUT2D eigenvalue weighted by atomic mass is 16.5. The van der Waals surface area contributed by atoms with Gasteiger partial charge in [0.25, 0.3) is 5.91 Å². The number of carboxylic acids is 1. The van der Waals surface area contributed by atoms with Crippen molar-refractivity contribution >= 4 is 41.4 Å². The zero-order chi connectivity index (χ0) is 36.5. The van der Waals surface area contributed by atoms with Gasteiger partial charge in [0.15, 0.2) is 0 Å². The van der Waals surface area contributed by atoms with Crippen LogP contribution >= 0.6 is 0 Å². The van der Waals surface area contributed by atoms with Crippen LogP contribution in [-0.2, 0) is 36.8 Å².